The molecule has 0 saturated heterocycles. The summed E-state index contributed by atoms with van der Waals surface area (Å²) in [5.74, 6) is 0. The molecular formula is C20H28Si. The summed E-state index contributed by atoms with van der Waals surface area (Å²) in [7, 11) is -1.34. The Morgan fingerprint density at radius 3 is 1.62 bits per heavy atom. The van der Waals surface area contributed by atoms with Gasteiger partial charge in [0.2, 0.25) is 0 Å². The fourth-order valence-corrected chi connectivity index (χ4v) is 9.27. The van der Waals surface area contributed by atoms with E-state index in [4.69, 9.17) is 0 Å². The monoisotopic (exact) mass is 296 g/mol. The van der Waals surface area contributed by atoms with Crippen LogP contribution in [-0.4, -0.2) is 8.07 Å². The number of allylic oxidation sites excluding steroid dienone is 8. The topological polar surface area (TPSA) is 0 Å². The smallest absolute Gasteiger partial charge is 0.0706 e. The van der Waals surface area contributed by atoms with E-state index in [1.54, 1.807) is 11.1 Å². The van der Waals surface area contributed by atoms with E-state index in [1.807, 2.05) is 11.1 Å². The molecule has 0 nitrogen and oxygen atoms in total. The van der Waals surface area contributed by atoms with Crippen LogP contribution in [0.3, 0.4) is 0 Å². The molecule has 0 fully saturated rings. The lowest BCUT2D eigenvalue weighted by molar-refractivity contribution is 0.669. The zero-order chi connectivity index (χ0) is 14.4. The molecular weight excluding hydrogens is 268 g/mol. The normalized spacial score (nSPS) is 31.9. The quantitative estimate of drug-likeness (QED) is 0.523. The van der Waals surface area contributed by atoms with E-state index in [-0.39, 0.29) is 0 Å². The Bertz CT molecular complexity index is 521. The molecule has 112 valence electrons. The minimum Gasteiger partial charge on any atom is -0.0797 e. The first-order valence-electron chi connectivity index (χ1n) is 8.98. The summed E-state index contributed by atoms with van der Waals surface area (Å²) in [5.41, 5.74) is 8.75. The van der Waals surface area contributed by atoms with Gasteiger partial charge in [-0.3, -0.25) is 0 Å². The van der Waals surface area contributed by atoms with Crippen molar-refractivity contribution >= 4 is 8.07 Å². The van der Waals surface area contributed by atoms with Crippen molar-refractivity contribution < 1.29 is 0 Å². The molecule has 4 aliphatic carbocycles. The van der Waals surface area contributed by atoms with Gasteiger partial charge in [0, 0.05) is 0 Å². The molecule has 0 spiro atoms. The summed E-state index contributed by atoms with van der Waals surface area (Å²) in [4.78, 5) is 0. The molecule has 2 unspecified atom stereocenters. The van der Waals surface area contributed by atoms with Crippen LogP contribution in [0.1, 0.15) is 51.4 Å². The van der Waals surface area contributed by atoms with E-state index in [9.17, 15) is 0 Å². The zero-order valence-corrected chi connectivity index (χ0v) is 14.6. The molecule has 0 aromatic rings. The molecule has 1 heteroatoms. The van der Waals surface area contributed by atoms with Gasteiger partial charge in [0.05, 0.1) is 8.07 Å². The molecule has 0 amide bonds. The van der Waals surface area contributed by atoms with Crippen LogP contribution >= 0.6 is 0 Å². The fraction of sp³-hybridized carbons (Fsp3) is 0.600. The van der Waals surface area contributed by atoms with Gasteiger partial charge in [-0.2, -0.15) is 0 Å². The van der Waals surface area contributed by atoms with Crippen LogP contribution in [0.4, 0.5) is 0 Å². The summed E-state index contributed by atoms with van der Waals surface area (Å²) in [6.07, 6.45) is 21.3. The van der Waals surface area contributed by atoms with E-state index >= 15 is 0 Å². The molecule has 0 aromatic heterocycles. The molecule has 0 N–H and O–H groups in total. The van der Waals surface area contributed by atoms with E-state index < -0.39 is 8.07 Å². The molecule has 0 radical (unpaired) electrons. The van der Waals surface area contributed by atoms with Crippen LogP contribution in [0.5, 0.6) is 0 Å². The summed E-state index contributed by atoms with van der Waals surface area (Å²) in [5, 5.41) is 0. The Labute approximate surface area is 130 Å². The van der Waals surface area contributed by atoms with Crippen molar-refractivity contribution in [1.82, 2.24) is 0 Å². The maximum atomic E-state index is 2.66. The lowest BCUT2D eigenvalue weighted by Gasteiger charge is -2.39. The van der Waals surface area contributed by atoms with E-state index in [0.717, 1.165) is 11.1 Å². The number of rotatable bonds is 2. The minimum absolute atomic E-state index is 0.816. The third kappa shape index (κ3) is 2.16. The first kappa shape index (κ1) is 13.8. The number of hydrogen-bond acceptors (Lipinski definition) is 0. The van der Waals surface area contributed by atoms with Crippen LogP contribution in [0.15, 0.2) is 46.6 Å². The second-order valence-electron chi connectivity index (χ2n) is 8.01. The highest BCUT2D eigenvalue weighted by Crippen LogP contribution is 2.53. The van der Waals surface area contributed by atoms with Gasteiger partial charge in [-0.1, -0.05) is 48.5 Å². The van der Waals surface area contributed by atoms with Crippen molar-refractivity contribution in [3.05, 3.63) is 46.6 Å². The summed E-state index contributed by atoms with van der Waals surface area (Å²) in [6, 6.07) is 0. The van der Waals surface area contributed by atoms with Crippen LogP contribution in [0.25, 0.3) is 0 Å². The molecule has 0 bridgehead atoms. The van der Waals surface area contributed by atoms with Crippen LogP contribution in [0, 0.1) is 0 Å². The Morgan fingerprint density at radius 2 is 1.14 bits per heavy atom. The molecule has 0 aliphatic heterocycles. The van der Waals surface area contributed by atoms with Gasteiger partial charge >= 0.3 is 0 Å². The van der Waals surface area contributed by atoms with Gasteiger partial charge in [0.25, 0.3) is 0 Å². The summed E-state index contributed by atoms with van der Waals surface area (Å²) < 4.78 is 0. The second-order valence-corrected chi connectivity index (χ2v) is 12.9. The Morgan fingerprint density at radius 1 is 0.714 bits per heavy atom. The standard InChI is InChI=1S/C20H28Si/c1-21(2,19-13-11-15-7-3-5-9-17(15)19)20-14-12-16-8-4-6-10-18(16)20/h11-14,19-20H,3-10H2,1-2H3. The number of hydrogen-bond donors (Lipinski definition) is 0. The third-order valence-corrected chi connectivity index (χ3v) is 10.7. The molecule has 21 heavy (non-hydrogen) atoms. The molecule has 0 saturated carbocycles. The Hall–Kier alpha value is -0.823. The van der Waals surface area contributed by atoms with Crippen molar-refractivity contribution in [2.24, 2.45) is 0 Å². The first-order valence-corrected chi connectivity index (χ1v) is 12.1. The molecule has 4 rings (SSSR count). The first-order chi connectivity index (χ1) is 10.2. The van der Waals surface area contributed by atoms with Crippen molar-refractivity contribution in [3.8, 4) is 0 Å². The predicted octanol–water partition coefficient (Wildman–Crippen LogP) is 6.32. The highest BCUT2D eigenvalue weighted by atomic mass is 28.3. The van der Waals surface area contributed by atoms with Crippen LogP contribution in [-0.2, 0) is 0 Å². The summed E-state index contributed by atoms with van der Waals surface area (Å²) >= 11 is 0. The highest BCUT2D eigenvalue weighted by Gasteiger charge is 2.44. The van der Waals surface area contributed by atoms with Gasteiger partial charge in [0.1, 0.15) is 0 Å². The van der Waals surface area contributed by atoms with E-state index in [1.165, 1.54) is 51.4 Å². The molecule has 0 heterocycles. The van der Waals surface area contributed by atoms with Crippen molar-refractivity contribution in [2.45, 2.75) is 75.5 Å². The molecule has 0 aromatic carbocycles. The highest BCUT2D eigenvalue weighted by molar-refractivity contribution is 6.82. The Kier molecular flexibility index (Phi) is 3.37. The SMILES string of the molecule is C[Si](C)(C1C=CC2=C1CCCC2)C1C=CC2=C1CCCC2. The van der Waals surface area contributed by atoms with Gasteiger partial charge in [0.15, 0.2) is 0 Å². The van der Waals surface area contributed by atoms with Gasteiger partial charge in [-0.25, -0.2) is 0 Å². The zero-order valence-electron chi connectivity index (χ0n) is 13.6. The van der Waals surface area contributed by atoms with E-state index in [0.29, 0.717) is 0 Å². The fourth-order valence-electron chi connectivity index (χ4n) is 5.24. The lowest BCUT2D eigenvalue weighted by atomic mass is 9.93. The lowest BCUT2D eigenvalue weighted by Crippen LogP contribution is -2.38. The van der Waals surface area contributed by atoms with Crippen LogP contribution in [0.2, 0.25) is 24.2 Å². The van der Waals surface area contributed by atoms with Gasteiger partial charge < -0.3 is 0 Å². The Balaban J connectivity index is 1.65. The van der Waals surface area contributed by atoms with Crippen molar-refractivity contribution in [1.29, 1.82) is 0 Å². The minimum atomic E-state index is -1.34. The van der Waals surface area contributed by atoms with Crippen molar-refractivity contribution in [2.75, 3.05) is 0 Å². The summed E-state index contributed by atoms with van der Waals surface area (Å²) in [6.45, 7) is 5.32. The predicted molar refractivity (Wildman–Crippen MR) is 94.3 cm³/mol. The third-order valence-electron chi connectivity index (χ3n) is 6.44. The van der Waals surface area contributed by atoms with Gasteiger partial charge in [-0.15, -0.1) is 0 Å². The van der Waals surface area contributed by atoms with Crippen molar-refractivity contribution in [3.63, 3.8) is 0 Å². The second kappa shape index (κ2) is 5.12. The average Bonchev–Trinajstić information content (AvgIpc) is 3.12. The maximum absolute atomic E-state index is 2.66. The molecule has 4 aliphatic rings. The average molecular weight is 297 g/mol. The molecule has 2 atom stereocenters. The maximum Gasteiger partial charge on any atom is 0.0706 e. The largest absolute Gasteiger partial charge is 0.0797 e. The van der Waals surface area contributed by atoms with E-state index in [2.05, 4.69) is 37.4 Å². The van der Waals surface area contributed by atoms with Gasteiger partial charge in [-0.05, 0) is 73.6 Å². The van der Waals surface area contributed by atoms with Crippen LogP contribution < -0.4 is 0 Å².